The lowest BCUT2D eigenvalue weighted by atomic mass is 10.1. The Kier molecular flexibility index (Phi) is 32.0. The minimum atomic E-state index is -1.13. The predicted octanol–water partition coefficient (Wildman–Crippen LogP) is 8.96. The van der Waals surface area contributed by atoms with Crippen molar-refractivity contribution in [3.63, 3.8) is 0 Å². The molecule has 8 nitrogen and oxygen atoms in total. The maximum Gasteiger partial charge on any atom is 0.306 e. The number of carboxylic acid groups (broad SMARTS) is 1. The van der Waals surface area contributed by atoms with E-state index in [1.807, 2.05) is 0 Å². The van der Waals surface area contributed by atoms with Gasteiger partial charge in [-0.25, -0.2) is 0 Å². The molecule has 2 unspecified atom stereocenters. The fourth-order valence-electron chi connectivity index (χ4n) is 5.72. The summed E-state index contributed by atoms with van der Waals surface area (Å²) in [6.45, 7) is 4.50. The van der Waals surface area contributed by atoms with E-state index in [1.165, 1.54) is 77.0 Å². The topological polar surface area (TPSA) is 102 Å². The number of hydrogen-bond acceptors (Lipinski definition) is 7. The van der Waals surface area contributed by atoms with E-state index in [0.29, 0.717) is 12.8 Å². The summed E-state index contributed by atoms with van der Waals surface area (Å²) in [6, 6.07) is -0.724. The molecule has 0 aliphatic rings. The number of hydrogen-bond donors (Lipinski definition) is 0. The molecule has 0 spiro atoms. The van der Waals surface area contributed by atoms with Crippen molar-refractivity contribution >= 4 is 17.9 Å². The van der Waals surface area contributed by atoms with Gasteiger partial charge >= 0.3 is 11.9 Å². The molecule has 2 atom stereocenters. The number of carbonyl (C=O) groups is 3. The molecule has 0 bridgehead atoms. The Morgan fingerprint density at radius 3 is 1.64 bits per heavy atom. The Bertz CT molecular complexity index is 922. The van der Waals surface area contributed by atoms with E-state index in [1.54, 1.807) is 21.1 Å². The third-order valence-electron chi connectivity index (χ3n) is 8.85. The van der Waals surface area contributed by atoms with Gasteiger partial charge in [0.2, 0.25) is 0 Å². The molecular formula is C42H75NO7. The van der Waals surface area contributed by atoms with Crippen molar-refractivity contribution in [2.24, 2.45) is 0 Å². The summed E-state index contributed by atoms with van der Waals surface area (Å²) in [6.07, 6.45) is 35.9. The number of unbranched alkanes of at least 4 members (excludes halogenated alkanes) is 17. The molecule has 0 saturated heterocycles. The summed E-state index contributed by atoms with van der Waals surface area (Å²) in [4.78, 5) is 36.7. The van der Waals surface area contributed by atoms with Gasteiger partial charge in [0.1, 0.15) is 12.6 Å². The van der Waals surface area contributed by atoms with Crippen molar-refractivity contribution in [1.29, 1.82) is 0 Å². The lowest BCUT2D eigenvalue weighted by Gasteiger charge is -2.34. The van der Waals surface area contributed by atoms with Gasteiger partial charge in [-0.2, -0.15) is 0 Å². The van der Waals surface area contributed by atoms with Gasteiger partial charge in [-0.05, 0) is 32.1 Å². The second-order valence-corrected chi connectivity index (χ2v) is 14.6. The summed E-state index contributed by atoms with van der Waals surface area (Å²) in [5, 5.41) is 11.6. The first-order valence-electron chi connectivity index (χ1n) is 20.0. The molecule has 0 aromatic carbocycles. The van der Waals surface area contributed by atoms with Gasteiger partial charge in [0.15, 0.2) is 6.10 Å². The van der Waals surface area contributed by atoms with Crippen molar-refractivity contribution in [2.45, 2.75) is 174 Å². The van der Waals surface area contributed by atoms with E-state index in [2.05, 4.69) is 50.3 Å². The maximum absolute atomic E-state index is 12.6. The molecule has 0 fully saturated rings. The highest BCUT2D eigenvalue weighted by molar-refractivity contribution is 5.70. The number of ether oxygens (including phenoxy) is 3. The lowest BCUT2D eigenvalue weighted by Crippen LogP contribution is -2.55. The molecule has 0 aliphatic heterocycles. The van der Waals surface area contributed by atoms with Crippen LogP contribution in [0.4, 0.5) is 0 Å². The monoisotopic (exact) mass is 706 g/mol. The van der Waals surface area contributed by atoms with Crippen molar-refractivity contribution in [3.8, 4) is 0 Å². The SMILES string of the molecule is CC/C=C/C=C/C=C/CCCCCCCCCC(=O)OCC(COCCC(C(=O)[O-])[N+](C)(C)C)OC(=O)CCCCCCCCCCCCC. The predicted molar refractivity (Wildman–Crippen MR) is 203 cm³/mol. The van der Waals surface area contributed by atoms with Crippen LogP contribution in [0.25, 0.3) is 0 Å². The second-order valence-electron chi connectivity index (χ2n) is 14.6. The quantitative estimate of drug-likeness (QED) is 0.0281. The van der Waals surface area contributed by atoms with E-state index in [9.17, 15) is 19.5 Å². The Labute approximate surface area is 306 Å². The number of quaternary nitrogens is 1. The van der Waals surface area contributed by atoms with Crippen molar-refractivity contribution in [1.82, 2.24) is 0 Å². The maximum atomic E-state index is 12.6. The van der Waals surface area contributed by atoms with E-state index in [-0.39, 0.29) is 42.7 Å². The second kappa shape index (κ2) is 33.7. The molecule has 0 aromatic heterocycles. The number of likely N-dealkylation sites (N-methyl/N-ethyl adjacent to an activating group) is 1. The molecule has 290 valence electrons. The molecule has 0 aliphatic carbocycles. The van der Waals surface area contributed by atoms with Crippen molar-refractivity contribution in [2.75, 3.05) is 41.0 Å². The highest BCUT2D eigenvalue weighted by Crippen LogP contribution is 2.14. The lowest BCUT2D eigenvalue weighted by molar-refractivity contribution is -0.889. The zero-order valence-electron chi connectivity index (χ0n) is 32.8. The molecule has 0 rings (SSSR count). The highest BCUT2D eigenvalue weighted by atomic mass is 16.6. The van der Waals surface area contributed by atoms with Crippen LogP contribution in [0, 0.1) is 0 Å². The van der Waals surface area contributed by atoms with Crippen LogP contribution < -0.4 is 5.11 Å². The highest BCUT2D eigenvalue weighted by Gasteiger charge is 2.25. The Hall–Kier alpha value is -2.45. The average Bonchev–Trinajstić information content (AvgIpc) is 3.06. The molecule has 0 aromatic rings. The van der Waals surface area contributed by atoms with Crippen LogP contribution in [0.3, 0.4) is 0 Å². The molecule has 0 saturated carbocycles. The number of allylic oxidation sites excluding steroid dienone is 6. The first-order valence-corrected chi connectivity index (χ1v) is 20.0. The van der Waals surface area contributed by atoms with E-state index in [4.69, 9.17) is 14.2 Å². The van der Waals surface area contributed by atoms with Crippen LogP contribution in [-0.4, -0.2) is 75.5 Å². The van der Waals surface area contributed by atoms with Gasteiger partial charge in [-0.3, -0.25) is 9.59 Å². The molecule has 0 heterocycles. The molecular weight excluding hydrogens is 630 g/mol. The van der Waals surface area contributed by atoms with Gasteiger partial charge in [0, 0.05) is 19.3 Å². The van der Waals surface area contributed by atoms with E-state index in [0.717, 1.165) is 51.4 Å². The van der Waals surface area contributed by atoms with E-state index >= 15 is 0 Å². The first-order chi connectivity index (χ1) is 24.1. The normalized spacial score (nSPS) is 13.4. The van der Waals surface area contributed by atoms with Crippen LogP contribution in [-0.2, 0) is 28.6 Å². The minimum Gasteiger partial charge on any atom is -0.544 e. The van der Waals surface area contributed by atoms with Gasteiger partial charge in [-0.15, -0.1) is 0 Å². The third-order valence-corrected chi connectivity index (χ3v) is 8.85. The first kappa shape index (κ1) is 47.5. The van der Waals surface area contributed by atoms with Crippen LogP contribution >= 0.6 is 0 Å². The van der Waals surface area contributed by atoms with Crippen LogP contribution in [0.2, 0.25) is 0 Å². The Morgan fingerprint density at radius 1 is 0.620 bits per heavy atom. The molecule has 50 heavy (non-hydrogen) atoms. The number of nitrogens with zero attached hydrogens (tertiary/aromatic N) is 1. The number of rotatable bonds is 35. The fraction of sp³-hybridized carbons (Fsp3) is 0.786. The fourth-order valence-corrected chi connectivity index (χ4v) is 5.72. The largest absolute Gasteiger partial charge is 0.544 e. The standard InChI is InChI=1S/C42H75NO7/c1-6-8-10-12-14-16-18-19-20-21-23-24-26-28-30-32-40(44)49-37-38(36-48-35-34-39(42(46)47)43(3,4)5)50-41(45)33-31-29-27-25-22-17-15-13-11-9-7-2/h8,10,12,14,16,18,38-39H,6-7,9,11,13,15,17,19-37H2,1-5H3/b10-8+,14-12+,18-16+. The zero-order chi connectivity index (χ0) is 37.1. The average molecular weight is 706 g/mol. The van der Waals surface area contributed by atoms with Crippen LogP contribution in [0.15, 0.2) is 36.5 Å². The number of esters is 2. The third kappa shape index (κ3) is 31.5. The van der Waals surface area contributed by atoms with E-state index < -0.39 is 18.1 Å². The van der Waals surface area contributed by atoms with Gasteiger partial charge in [0.25, 0.3) is 0 Å². The van der Waals surface area contributed by atoms with Gasteiger partial charge in [0.05, 0.1) is 40.3 Å². The van der Waals surface area contributed by atoms with Gasteiger partial charge in [-0.1, -0.05) is 147 Å². The molecule has 0 radical (unpaired) electrons. The van der Waals surface area contributed by atoms with Crippen molar-refractivity contribution in [3.05, 3.63) is 36.5 Å². The molecule has 0 amide bonds. The summed E-state index contributed by atoms with van der Waals surface area (Å²) >= 11 is 0. The van der Waals surface area contributed by atoms with Crippen LogP contribution in [0.5, 0.6) is 0 Å². The summed E-state index contributed by atoms with van der Waals surface area (Å²) in [5.74, 6) is -1.75. The summed E-state index contributed by atoms with van der Waals surface area (Å²) in [7, 11) is 5.39. The summed E-state index contributed by atoms with van der Waals surface area (Å²) < 4.78 is 17.1. The van der Waals surface area contributed by atoms with Gasteiger partial charge < -0.3 is 28.6 Å². The molecule has 8 heteroatoms. The number of carbonyl (C=O) groups excluding carboxylic acids is 3. The smallest absolute Gasteiger partial charge is 0.306 e. The van der Waals surface area contributed by atoms with Crippen LogP contribution in [0.1, 0.15) is 162 Å². The number of carboxylic acids is 1. The Morgan fingerprint density at radius 2 is 1.12 bits per heavy atom. The number of aliphatic carboxylic acids is 1. The molecule has 0 N–H and O–H groups in total. The Balaban J connectivity index is 4.39. The van der Waals surface area contributed by atoms with Crippen molar-refractivity contribution < 1.29 is 38.2 Å². The zero-order valence-corrected chi connectivity index (χ0v) is 32.8. The minimum absolute atomic E-state index is 0.0387. The summed E-state index contributed by atoms with van der Waals surface area (Å²) in [5.41, 5.74) is 0.